The van der Waals surface area contributed by atoms with Gasteiger partial charge >= 0.3 is 0 Å². The molecule has 0 fully saturated rings. The summed E-state index contributed by atoms with van der Waals surface area (Å²) in [6, 6.07) is 23.2. The monoisotopic (exact) mass is 368 g/mol. The number of para-hydroxylation sites is 1. The second-order valence-corrected chi connectivity index (χ2v) is 6.80. The summed E-state index contributed by atoms with van der Waals surface area (Å²) in [5.41, 5.74) is 4.49. The Morgan fingerprint density at radius 3 is 2.71 bits per heavy atom. The van der Waals surface area contributed by atoms with Crippen LogP contribution in [0.25, 0.3) is 0 Å². The number of hydrogen-bond donors (Lipinski definition) is 1. The zero-order chi connectivity index (χ0) is 19.3. The molecule has 3 aromatic rings. The Balaban J connectivity index is 1.43. The minimum atomic E-state index is 0.122. The first kappa shape index (κ1) is 17.7. The van der Waals surface area contributed by atoms with Crippen molar-refractivity contribution in [3.63, 3.8) is 0 Å². The molecule has 1 aliphatic heterocycles. The average molecular weight is 368 g/mol. The highest BCUT2D eigenvalue weighted by Crippen LogP contribution is 2.27. The van der Waals surface area contributed by atoms with Crippen LogP contribution < -0.4 is 10.2 Å². The van der Waals surface area contributed by atoms with E-state index in [0.717, 1.165) is 36.3 Å². The Kier molecular flexibility index (Phi) is 5.03. The molecule has 5 heteroatoms. The highest BCUT2D eigenvalue weighted by atomic mass is 16.2. The quantitative estimate of drug-likeness (QED) is 0.749. The summed E-state index contributed by atoms with van der Waals surface area (Å²) >= 11 is 0. The molecule has 1 N–H and O–H groups in total. The van der Waals surface area contributed by atoms with Crippen LogP contribution in [0.1, 0.15) is 23.2 Å². The van der Waals surface area contributed by atoms with Gasteiger partial charge in [0.25, 0.3) is 0 Å². The zero-order valence-corrected chi connectivity index (χ0v) is 15.4. The number of fused-ring (bicyclic) bond motifs is 1. The van der Waals surface area contributed by atoms with Crippen molar-refractivity contribution in [1.29, 1.82) is 5.26 Å². The molecule has 2 aromatic carbocycles. The van der Waals surface area contributed by atoms with Gasteiger partial charge in [-0.05, 0) is 54.3 Å². The Labute approximate surface area is 164 Å². The maximum Gasteiger partial charge on any atom is 0.231 e. The fourth-order valence-electron chi connectivity index (χ4n) is 3.48. The van der Waals surface area contributed by atoms with Gasteiger partial charge in [0.05, 0.1) is 6.42 Å². The van der Waals surface area contributed by atoms with E-state index < -0.39 is 0 Å². The molecule has 5 nitrogen and oxygen atoms in total. The maximum absolute atomic E-state index is 12.8. The van der Waals surface area contributed by atoms with Crippen LogP contribution in [0.3, 0.4) is 0 Å². The van der Waals surface area contributed by atoms with Gasteiger partial charge in [0.1, 0.15) is 17.6 Å². The molecule has 0 saturated carbocycles. The van der Waals surface area contributed by atoms with E-state index in [4.69, 9.17) is 5.26 Å². The first-order chi connectivity index (χ1) is 13.7. The lowest BCUT2D eigenvalue weighted by Crippen LogP contribution is -2.36. The maximum atomic E-state index is 12.8. The SMILES string of the molecule is N#Cc1cccc(Nc2ccc(CC(=O)N3CCCc4ccccc43)cc2)n1. The molecule has 1 aliphatic rings. The fraction of sp³-hybridized carbons (Fsp3) is 0.174. The van der Waals surface area contributed by atoms with E-state index >= 15 is 0 Å². The molecule has 28 heavy (non-hydrogen) atoms. The van der Waals surface area contributed by atoms with E-state index in [9.17, 15) is 4.79 Å². The number of benzene rings is 2. The van der Waals surface area contributed by atoms with Crippen LogP contribution in [-0.4, -0.2) is 17.4 Å². The molecular weight excluding hydrogens is 348 g/mol. The fourth-order valence-corrected chi connectivity index (χ4v) is 3.48. The largest absolute Gasteiger partial charge is 0.340 e. The second kappa shape index (κ2) is 7.93. The summed E-state index contributed by atoms with van der Waals surface area (Å²) < 4.78 is 0. The first-order valence-corrected chi connectivity index (χ1v) is 9.34. The standard InChI is InChI=1S/C23H20N4O/c24-16-20-7-3-9-22(26-20)25-19-12-10-17(11-13-19)15-23(28)27-14-4-6-18-5-1-2-8-21(18)27/h1-3,5,7-13H,4,6,14-15H2,(H,25,26). The van der Waals surface area contributed by atoms with Gasteiger partial charge in [-0.1, -0.05) is 36.4 Å². The molecule has 0 aliphatic carbocycles. The number of anilines is 3. The molecule has 0 bridgehead atoms. The van der Waals surface area contributed by atoms with E-state index in [1.165, 1.54) is 5.56 Å². The van der Waals surface area contributed by atoms with Gasteiger partial charge in [-0.25, -0.2) is 4.98 Å². The number of nitrogens with one attached hydrogen (secondary N) is 1. The van der Waals surface area contributed by atoms with Crippen molar-refractivity contribution in [3.05, 3.63) is 83.6 Å². The van der Waals surface area contributed by atoms with Gasteiger partial charge in [-0.2, -0.15) is 5.26 Å². The summed E-state index contributed by atoms with van der Waals surface area (Å²) in [7, 11) is 0. The lowest BCUT2D eigenvalue weighted by Gasteiger charge is -2.29. The Morgan fingerprint density at radius 2 is 1.89 bits per heavy atom. The number of carbonyl (C=O) groups is 1. The lowest BCUT2D eigenvalue weighted by atomic mass is 10.0. The smallest absolute Gasteiger partial charge is 0.231 e. The third kappa shape index (κ3) is 3.86. The van der Waals surface area contributed by atoms with E-state index in [1.807, 2.05) is 59.5 Å². The van der Waals surface area contributed by atoms with Crippen molar-refractivity contribution in [1.82, 2.24) is 4.98 Å². The van der Waals surface area contributed by atoms with Crippen molar-refractivity contribution in [2.45, 2.75) is 19.3 Å². The van der Waals surface area contributed by atoms with Crippen molar-refractivity contribution < 1.29 is 4.79 Å². The number of nitriles is 1. The van der Waals surface area contributed by atoms with Crippen LogP contribution in [0.15, 0.2) is 66.7 Å². The van der Waals surface area contributed by atoms with Crippen molar-refractivity contribution in [3.8, 4) is 6.07 Å². The number of nitrogens with zero attached hydrogens (tertiary/aromatic N) is 3. The Hall–Kier alpha value is -3.65. The van der Waals surface area contributed by atoms with Gasteiger partial charge < -0.3 is 10.2 Å². The summed E-state index contributed by atoms with van der Waals surface area (Å²) in [5, 5.41) is 12.1. The number of hydrogen-bond acceptors (Lipinski definition) is 4. The molecule has 0 atom stereocenters. The highest BCUT2D eigenvalue weighted by Gasteiger charge is 2.22. The van der Waals surface area contributed by atoms with Crippen LogP contribution in [0.2, 0.25) is 0 Å². The van der Waals surface area contributed by atoms with E-state index in [0.29, 0.717) is 17.9 Å². The molecule has 0 spiro atoms. The zero-order valence-electron chi connectivity index (χ0n) is 15.4. The number of aromatic nitrogens is 1. The van der Waals surface area contributed by atoms with Crippen molar-refractivity contribution in [2.75, 3.05) is 16.8 Å². The van der Waals surface area contributed by atoms with Crippen molar-refractivity contribution >= 4 is 23.1 Å². The summed E-state index contributed by atoms with van der Waals surface area (Å²) in [5.74, 6) is 0.740. The van der Waals surface area contributed by atoms with Crippen molar-refractivity contribution in [2.24, 2.45) is 0 Å². The number of rotatable bonds is 4. The number of aryl methyl sites for hydroxylation is 1. The molecule has 0 radical (unpaired) electrons. The van der Waals surface area contributed by atoms with Gasteiger partial charge in [0.15, 0.2) is 0 Å². The molecule has 1 amide bonds. The van der Waals surface area contributed by atoms with E-state index in [-0.39, 0.29) is 5.91 Å². The average Bonchev–Trinajstić information content (AvgIpc) is 2.75. The van der Waals surface area contributed by atoms with Gasteiger partial charge in [-0.15, -0.1) is 0 Å². The Bertz CT molecular complexity index is 1040. The third-order valence-corrected chi connectivity index (χ3v) is 4.86. The predicted octanol–water partition coefficient (Wildman–Crippen LogP) is 4.22. The van der Waals surface area contributed by atoms with Crippen LogP contribution in [0.4, 0.5) is 17.2 Å². The molecule has 2 heterocycles. The second-order valence-electron chi connectivity index (χ2n) is 6.80. The lowest BCUT2D eigenvalue weighted by molar-refractivity contribution is -0.118. The van der Waals surface area contributed by atoms with Crippen LogP contribution >= 0.6 is 0 Å². The number of pyridine rings is 1. The van der Waals surface area contributed by atoms with E-state index in [2.05, 4.69) is 16.4 Å². The predicted molar refractivity (Wildman–Crippen MR) is 109 cm³/mol. The number of carbonyl (C=O) groups excluding carboxylic acids is 1. The minimum Gasteiger partial charge on any atom is -0.340 e. The van der Waals surface area contributed by atoms with E-state index in [1.54, 1.807) is 12.1 Å². The summed E-state index contributed by atoms with van der Waals surface area (Å²) in [6.45, 7) is 0.774. The van der Waals surface area contributed by atoms with Gasteiger partial charge in [0, 0.05) is 17.9 Å². The molecule has 0 unspecified atom stereocenters. The van der Waals surface area contributed by atoms with Crippen LogP contribution in [-0.2, 0) is 17.6 Å². The molecule has 4 rings (SSSR count). The minimum absolute atomic E-state index is 0.122. The van der Waals surface area contributed by atoms with Crippen LogP contribution in [0.5, 0.6) is 0 Å². The summed E-state index contributed by atoms with van der Waals surface area (Å²) in [6.07, 6.45) is 2.40. The molecule has 138 valence electrons. The van der Waals surface area contributed by atoms with Crippen LogP contribution in [0, 0.1) is 11.3 Å². The normalized spacial score (nSPS) is 12.8. The molecule has 1 aromatic heterocycles. The van der Waals surface area contributed by atoms with Gasteiger partial charge in [0.2, 0.25) is 5.91 Å². The number of amides is 1. The molecule has 0 saturated heterocycles. The van der Waals surface area contributed by atoms with Gasteiger partial charge in [-0.3, -0.25) is 4.79 Å². The third-order valence-electron chi connectivity index (χ3n) is 4.86. The topological polar surface area (TPSA) is 69.0 Å². The first-order valence-electron chi connectivity index (χ1n) is 9.34. The molecular formula is C23H20N4O. The summed E-state index contributed by atoms with van der Waals surface area (Å²) in [4.78, 5) is 19.0. The Morgan fingerprint density at radius 1 is 1.07 bits per heavy atom. The highest BCUT2D eigenvalue weighted by molar-refractivity contribution is 5.95.